The van der Waals surface area contributed by atoms with Gasteiger partial charge in [-0.2, -0.15) is 0 Å². The van der Waals surface area contributed by atoms with Crippen LogP contribution in [0.3, 0.4) is 0 Å². The van der Waals surface area contributed by atoms with Gasteiger partial charge in [-0.25, -0.2) is 0 Å². The topological polar surface area (TPSA) is 34.1 Å². The van der Waals surface area contributed by atoms with Crippen LogP contribution in [0.2, 0.25) is 0 Å². The summed E-state index contributed by atoms with van der Waals surface area (Å²) in [4.78, 5) is 0. The second kappa shape index (κ2) is 9.00. The first kappa shape index (κ1) is 8.89. The van der Waals surface area contributed by atoms with E-state index in [0.717, 1.165) is 0 Å². The second-order valence-corrected chi connectivity index (χ2v) is 0.559. The van der Waals surface area contributed by atoms with Gasteiger partial charge in [0.05, 0.1) is 0 Å². The maximum absolute atomic E-state index is 8.54. The Bertz CT molecular complexity index is 27.0. The summed E-state index contributed by atoms with van der Waals surface area (Å²) in [5, 5.41) is 0. The Morgan fingerprint density at radius 3 is 1.25 bits per heavy atom. The van der Waals surface area contributed by atoms with E-state index in [9.17, 15) is 0 Å². The average Bonchev–Trinajstić information content (AvgIpc) is 0.918. The number of rotatable bonds is 0. The van der Waals surface area contributed by atoms with E-state index in [-0.39, 0.29) is 18.9 Å². The zero-order chi connectivity index (χ0) is 2.71. The van der Waals surface area contributed by atoms with Gasteiger partial charge in [0.15, 0.2) is 0 Å². The second-order valence-electron chi connectivity index (χ2n) is 0.0833. The van der Waals surface area contributed by atoms with Crippen LogP contribution in [0.15, 0.2) is 0 Å². The molecule has 0 saturated carbocycles. The molecule has 0 aromatic heterocycles. The van der Waals surface area contributed by atoms with Crippen molar-refractivity contribution in [2.24, 2.45) is 0 Å². The Balaban J connectivity index is 0. The SMILES string of the molecule is [LiH].[O]=[Sn]=[O]. The molecule has 0 aliphatic rings. The Kier molecular flexibility index (Phi) is 20.0. The first-order valence-corrected chi connectivity index (χ1v) is 2.74. The van der Waals surface area contributed by atoms with Gasteiger partial charge in [0, 0.05) is 0 Å². The fourth-order valence-electron chi connectivity index (χ4n) is 0. The molecule has 0 atom stereocenters. The molecule has 0 bridgehead atoms. The van der Waals surface area contributed by atoms with Gasteiger partial charge in [0.2, 0.25) is 0 Å². The summed E-state index contributed by atoms with van der Waals surface area (Å²) >= 11 is -2.27. The summed E-state index contributed by atoms with van der Waals surface area (Å²) < 4.78 is 17.1. The third-order valence-electron chi connectivity index (χ3n) is 0. The summed E-state index contributed by atoms with van der Waals surface area (Å²) in [6.45, 7) is 0. The van der Waals surface area contributed by atoms with Gasteiger partial charge in [0.1, 0.15) is 0 Å². The molecule has 0 unspecified atom stereocenters. The molecule has 0 aromatic rings. The molecule has 0 aliphatic carbocycles. The predicted octanol–water partition coefficient (Wildman–Crippen LogP) is -1.27. The van der Waals surface area contributed by atoms with Gasteiger partial charge in [-0.05, 0) is 0 Å². The summed E-state index contributed by atoms with van der Waals surface area (Å²) in [6, 6.07) is 0. The summed E-state index contributed by atoms with van der Waals surface area (Å²) in [6.07, 6.45) is 0. The molecule has 0 saturated heterocycles. The van der Waals surface area contributed by atoms with Crippen molar-refractivity contribution in [2.75, 3.05) is 0 Å². The van der Waals surface area contributed by atoms with Crippen LogP contribution in [-0.4, -0.2) is 40.0 Å². The standard InChI is InChI=1S/Li.2O.Sn.H. The summed E-state index contributed by atoms with van der Waals surface area (Å²) in [5.74, 6) is 0. The third-order valence-corrected chi connectivity index (χ3v) is 0. The molecule has 0 aromatic carbocycles. The Hall–Kier alpha value is 0.996. The molecule has 0 rings (SSSR count). The first-order chi connectivity index (χ1) is 1.41. The first-order valence-electron chi connectivity index (χ1n) is 0.408. The number of hydrogen-bond donors (Lipinski definition) is 0. The van der Waals surface area contributed by atoms with Crippen molar-refractivity contribution >= 4 is 40.0 Å². The van der Waals surface area contributed by atoms with Crippen molar-refractivity contribution in [1.29, 1.82) is 0 Å². The zero-order valence-corrected chi connectivity index (χ0v) is 4.17. The van der Waals surface area contributed by atoms with E-state index in [1.165, 1.54) is 0 Å². The van der Waals surface area contributed by atoms with Crippen molar-refractivity contribution in [1.82, 2.24) is 0 Å². The van der Waals surface area contributed by atoms with Gasteiger partial charge >= 0.3 is 46.1 Å². The van der Waals surface area contributed by atoms with Crippen LogP contribution in [0.1, 0.15) is 0 Å². The Morgan fingerprint density at radius 2 is 1.25 bits per heavy atom. The van der Waals surface area contributed by atoms with E-state index in [1.54, 1.807) is 0 Å². The minimum absolute atomic E-state index is 0. The molecule has 0 N–H and O–H groups in total. The van der Waals surface area contributed by atoms with Crippen LogP contribution in [0.4, 0.5) is 0 Å². The van der Waals surface area contributed by atoms with E-state index >= 15 is 0 Å². The average molecular weight is 159 g/mol. The van der Waals surface area contributed by atoms with Crippen LogP contribution in [0, 0.1) is 0 Å². The number of hydrogen-bond acceptors (Lipinski definition) is 2. The fourth-order valence-corrected chi connectivity index (χ4v) is 0. The van der Waals surface area contributed by atoms with Crippen LogP contribution >= 0.6 is 0 Å². The molecule has 18 valence electrons. The van der Waals surface area contributed by atoms with Crippen molar-refractivity contribution in [2.45, 2.75) is 0 Å². The van der Waals surface area contributed by atoms with Gasteiger partial charge in [-0.15, -0.1) is 0 Å². The quantitative estimate of drug-likeness (QED) is 0.413. The fraction of sp³-hybridized carbons (Fsp3) is 0. The van der Waals surface area contributed by atoms with Crippen molar-refractivity contribution < 1.29 is 6.15 Å². The zero-order valence-electron chi connectivity index (χ0n) is 1.32. The molecule has 0 spiro atoms. The molecule has 0 amide bonds. The minimum atomic E-state index is -2.27. The molecule has 0 fully saturated rings. The normalized spacial score (nSPS) is 2.00. The van der Waals surface area contributed by atoms with Crippen LogP contribution in [0.5, 0.6) is 0 Å². The van der Waals surface area contributed by atoms with E-state index in [0.29, 0.717) is 0 Å². The monoisotopic (exact) mass is 160 g/mol. The third kappa shape index (κ3) is 12.0. The summed E-state index contributed by atoms with van der Waals surface area (Å²) in [5.41, 5.74) is 0. The van der Waals surface area contributed by atoms with Crippen LogP contribution < -0.4 is 0 Å². The molecule has 0 aliphatic heterocycles. The molecule has 2 nitrogen and oxygen atoms in total. The van der Waals surface area contributed by atoms with Crippen LogP contribution in [-0.2, 0) is 6.15 Å². The Morgan fingerprint density at radius 1 is 1.25 bits per heavy atom. The van der Waals surface area contributed by atoms with Gasteiger partial charge in [-0.1, -0.05) is 0 Å². The predicted molar refractivity (Wildman–Crippen MR) is 14.3 cm³/mol. The molecular formula is HLiO2Sn. The van der Waals surface area contributed by atoms with Gasteiger partial charge in [0.25, 0.3) is 0 Å². The van der Waals surface area contributed by atoms with Gasteiger partial charge < -0.3 is 0 Å². The van der Waals surface area contributed by atoms with E-state index < -0.39 is 21.1 Å². The van der Waals surface area contributed by atoms with Crippen molar-refractivity contribution in [3.63, 3.8) is 0 Å². The van der Waals surface area contributed by atoms with E-state index in [4.69, 9.17) is 6.15 Å². The van der Waals surface area contributed by atoms with Crippen molar-refractivity contribution in [3.8, 4) is 0 Å². The molecule has 0 heterocycles. The van der Waals surface area contributed by atoms with E-state index in [2.05, 4.69) is 0 Å². The Labute approximate surface area is 46.1 Å². The maximum atomic E-state index is 8.54. The van der Waals surface area contributed by atoms with Crippen molar-refractivity contribution in [3.05, 3.63) is 0 Å². The molecule has 0 radical (unpaired) electrons. The summed E-state index contributed by atoms with van der Waals surface area (Å²) in [7, 11) is 0. The van der Waals surface area contributed by atoms with Gasteiger partial charge in [-0.3, -0.25) is 0 Å². The molecular weight excluding hydrogens is 158 g/mol. The van der Waals surface area contributed by atoms with Crippen LogP contribution in [0.25, 0.3) is 0 Å². The van der Waals surface area contributed by atoms with E-state index in [1.807, 2.05) is 0 Å². The molecule has 4 heavy (non-hydrogen) atoms. The molecule has 4 heteroatoms.